The van der Waals surface area contributed by atoms with Gasteiger partial charge in [0.05, 0.1) is 19.2 Å². The number of hydrogen-bond donors (Lipinski definition) is 0. The predicted octanol–water partition coefficient (Wildman–Crippen LogP) is 0.655. The molecule has 0 radical (unpaired) electrons. The number of ether oxygens (including phenoxy) is 2. The van der Waals surface area contributed by atoms with Crippen molar-refractivity contribution in [3.63, 3.8) is 0 Å². The molecule has 0 spiro atoms. The molecule has 2 aromatic rings. The molecule has 3 rings (SSSR count). The third-order valence-electron chi connectivity index (χ3n) is 2.46. The molecule has 0 bridgehead atoms. The maximum atomic E-state index is 5.68. The van der Waals surface area contributed by atoms with Crippen LogP contribution in [0.1, 0.15) is 0 Å². The van der Waals surface area contributed by atoms with Crippen LogP contribution in [0.15, 0.2) is 24.3 Å². The van der Waals surface area contributed by atoms with Crippen molar-refractivity contribution in [2.24, 2.45) is 7.05 Å². The van der Waals surface area contributed by atoms with Gasteiger partial charge < -0.3 is 9.47 Å². The van der Waals surface area contributed by atoms with E-state index in [0.717, 1.165) is 17.9 Å². The summed E-state index contributed by atoms with van der Waals surface area (Å²) in [4.78, 5) is 1.43. The van der Waals surface area contributed by atoms with Gasteiger partial charge in [-0.15, -0.1) is 10.2 Å². The van der Waals surface area contributed by atoms with E-state index in [-0.39, 0.29) is 6.10 Å². The Bertz CT molecular complexity index is 522. The zero-order valence-electron chi connectivity index (χ0n) is 9.41. The van der Waals surface area contributed by atoms with E-state index in [2.05, 4.69) is 15.4 Å². The van der Waals surface area contributed by atoms with Crippen LogP contribution in [0.4, 0.5) is 0 Å². The van der Waals surface area contributed by atoms with Crippen LogP contribution in [0.25, 0.3) is 11.4 Å². The van der Waals surface area contributed by atoms with Crippen molar-refractivity contribution in [2.75, 3.05) is 13.2 Å². The van der Waals surface area contributed by atoms with Gasteiger partial charge in [-0.05, 0) is 17.3 Å². The topological polar surface area (TPSA) is 65.4 Å². The van der Waals surface area contributed by atoms with Crippen LogP contribution in [0.5, 0.6) is 5.75 Å². The fourth-order valence-electron chi connectivity index (χ4n) is 1.52. The third-order valence-corrected chi connectivity index (χ3v) is 2.46. The molecule has 1 aliphatic heterocycles. The molecule has 0 saturated carbocycles. The number of aromatic nitrogens is 4. The SMILES string of the molecule is Cn1nnc(-c2ccccc2OCC2CO2)n1. The molecule has 1 aromatic carbocycles. The van der Waals surface area contributed by atoms with Gasteiger partial charge in [0.2, 0.25) is 5.82 Å². The standard InChI is InChI=1S/C11H12N4O2/c1-15-13-11(12-14-15)9-4-2-3-5-10(9)17-7-8-6-16-8/h2-5,8H,6-7H2,1H3. The molecule has 1 unspecified atom stereocenters. The molecule has 1 atom stereocenters. The van der Waals surface area contributed by atoms with Crippen molar-refractivity contribution in [3.8, 4) is 17.1 Å². The number of rotatable bonds is 4. The Hall–Kier alpha value is -1.95. The Balaban J connectivity index is 1.86. The lowest BCUT2D eigenvalue weighted by atomic mass is 10.2. The van der Waals surface area contributed by atoms with Gasteiger partial charge in [-0.25, -0.2) is 0 Å². The highest BCUT2D eigenvalue weighted by molar-refractivity contribution is 5.63. The number of benzene rings is 1. The van der Waals surface area contributed by atoms with Gasteiger partial charge in [0.1, 0.15) is 18.5 Å². The van der Waals surface area contributed by atoms with Crippen molar-refractivity contribution in [2.45, 2.75) is 6.10 Å². The molecule has 1 fully saturated rings. The molecule has 17 heavy (non-hydrogen) atoms. The first kappa shape index (κ1) is 10.2. The van der Waals surface area contributed by atoms with E-state index in [4.69, 9.17) is 9.47 Å². The van der Waals surface area contributed by atoms with Crippen molar-refractivity contribution in [1.29, 1.82) is 0 Å². The lowest BCUT2D eigenvalue weighted by molar-refractivity contribution is 0.264. The molecule has 6 heteroatoms. The fraction of sp³-hybridized carbons (Fsp3) is 0.364. The van der Waals surface area contributed by atoms with Crippen LogP contribution >= 0.6 is 0 Å². The summed E-state index contributed by atoms with van der Waals surface area (Å²) < 4.78 is 10.8. The Labute approximate surface area is 98.2 Å². The van der Waals surface area contributed by atoms with Gasteiger partial charge in [-0.2, -0.15) is 4.80 Å². The van der Waals surface area contributed by atoms with Gasteiger partial charge in [0.15, 0.2) is 0 Å². The van der Waals surface area contributed by atoms with Crippen LogP contribution in [0, 0.1) is 0 Å². The first-order valence-corrected chi connectivity index (χ1v) is 5.41. The number of aryl methyl sites for hydroxylation is 1. The Kier molecular flexibility index (Phi) is 2.49. The molecule has 6 nitrogen and oxygen atoms in total. The zero-order valence-corrected chi connectivity index (χ0v) is 9.41. The van der Waals surface area contributed by atoms with Crippen molar-refractivity contribution in [1.82, 2.24) is 20.2 Å². The molecule has 0 amide bonds. The minimum absolute atomic E-state index is 0.234. The predicted molar refractivity (Wildman–Crippen MR) is 59.5 cm³/mol. The summed E-state index contributed by atoms with van der Waals surface area (Å²) in [6.07, 6.45) is 0.234. The van der Waals surface area contributed by atoms with Crippen LogP contribution in [-0.4, -0.2) is 39.5 Å². The number of nitrogens with zero attached hydrogens (tertiary/aromatic N) is 4. The molecule has 0 aliphatic carbocycles. The molecular formula is C11H12N4O2. The maximum Gasteiger partial charge on any atom is 0.208 e. The minimum atomic E-state index is 0.234. The lowest BCUT2D eigenvalue weighted by Gasteiger charge is -2.07. The lowest BCUT2D eigenvalue weighted by Crippen LogP contribution is -2.05. The zero-order chi connectivity index (χ0) is 11.7. The molecule has 88 valence electrons. The van der Waals surface area contributed by atoms with Gasteiger partial charge in [-0.3, -0.25) is 0 Å². The number of tetrazole rings is 1. The Morgan fingerprint density at radius 1 is 1.47 bits per heavy atom. The molecule has 1 aromatic heterocycles. The minimum Gasteiger partial charge on any atom is -0.490 e. The average Bonchev–Trinajstić information content (AvgIpc) is 3.08. The Morgan fingerprint density at radius 2 is 2.29 bits per heavy atom. The molecule has 2 heterocycles. The first-order chi connectivity index (χ1) is 8.33. The van der Waals surface area contributed by atoms with Crippen LogP contribution < -0.4 is 4.74 Å². The first-order valence-electron chi connectivity index (χ1n) is 5.41. The summed E-state index contributed by atoms with van der Waals surface area (Å²) >= 11 is 0. The van der Waals surface area contributed by atoms with Crippen LogP contribution in [-0.2, 0) is 11.8 Å². The van der Waals surface area contributed by atoms with E-state index < -0.39 is 0 Å². The van der Waals surface area contributed by atoms with Crippen molar-refractivity contribution < 1.29 is 9.47 Å². The third kappa shape index (κ3) is 2.26. The van der Waals surface area contributed by atoms with E-state index in [1.807, 2.05) is 24.3 Å². The summed E-state index contributed by atoms with van der Waals surface area (Å²) in [5, 5.41) is 12.0. The quantitative estimate of drug-likeness (QED) is 0.724. The summed E-state index contributed by atoms with van der Waals surface area (Å²) in [6, 6.07) is 7.66. The smallest absolute Gasteiger partial charge is 0.208 e. The van der Waals surface area contributed by atoms with E-state index in [9.17, 15) is 0 Å². The maximum absolute atomic E-state index is 5.68. The van der Waals surface area contributed by atoms with E-state index in [1.165, 1.54) is 4.80 Å². The van der Waals surface area contributed by atoms with Gasteiger partial charge in [-0.1, -0.05) is 12.1 Å². The Morgan fingerprint density at radius 3 is 3.00 bits per heavy atom. The second-order valence-electron chi connectivity index (χ2n) is 3.86. The van der Waals surface area contributed by atoms with Gasteiger partial charge in [0.25, 0.3) is 0 Å². The van der Waals surface area contributed by atoms with Crippen LogP contribution in [0.3, 0.4) is 0 Å². The van der Waals surface area contributed by atoms with Crippen molar-refractivity contribution >= 4 is 0 Å². The average molecular weight is 232 g/mol. The number of para-hydroxylation sites is 1. The highest BCUT2D eigenvalue weighted by Gasteiger charge is 2.23. The van der Waals surface area contributed by atoms with E-state index >= 15 is 0 Å². The summed E-state index contributed by atoms with van der Waals surface area (Å²) in [7, 11) is 1.73. The highest BCUT2D eigenvalue weighted by Crippen LogP contribution is 2.27. The molecule has 1 aliphatic rings. The van der Waals surface area contributed by atoms with Gasteiger partial charge in [0, 0.05) is 0 Å². The normalized spacial score (nSPS) is 18.1. The number of epoxide rings is 1. The second kappa shape index (κ2) is 4.14. The second-order valence-corrected chi connectivity index (χ2v) is 3.86. The molecule has 0 N–H and O–H groups in total. The van der Waals surface area contributed by atoms with Crippen LogP contribution in [0.2, 0.25) is 0 Å². The fourth-order valence-corrected chi connectivity index (χ4v) is 1.52. The monoisotopic (exact) mass is 232 g/mol. The molecule has 1 saturated heterocycles. The number of hydrogen-bond acceptors (Lipinski definition) is 5. The van der Waals surface area contributed by atoms with E-state index in [0.29, 0.717) is 12.4 Å². The molecular weight excluding hydrogens is 220 g/mol. The summed E-state index contributed by atoms with van der Waals surface area (Å²) in [5.74, 6) is 1.33. The summed E-state index contributed by atoms with van der Waals surface area (Å²) in [5.41, 5.74) is 0.848. The highest BCUT2D eigenvalue weighted by atomic mass is 16.6. The van der Waals surface area contributed by atoms with Crippen molar-refractivity contribution in [3.05, 3.63) is 24.3 Å². The van der Waals surface area contributed by atoms with Gasteiger partial charge >= 0.3 is 0 Å². The van der Waals surface area contributed by atoms with E-state index in [1.54, 1.807) is 7.05 Å². The summed E-state index contributed by atoms with van der Waals surface area (Å²) in [6.45, 7) is 1.35. The largest absolute Gasteiger partial charge is 0.490 e.